The van der Waals surface area contributed by atoms with Crippen molar-refractivity contribution in [2.45, 2.75) is 58.4 Å². The van der Waals surface area contributed by atoms with Gasteiger partial charge in [0.1, 0.15) is 6.04 Å². The summed E-state index contributed by atoms with van der Waals surface area (Å²) >= 11 is 0. The summed E-state index contributed by atoms with van der Waals surface area (Å²) in [4.78, 5) is 28.1. The van der Waals surface area contributed by atoms with E-state index in [0.29, 0.717) is 12.5 Å². The third-order valence-corrected chi connectivity index (χ3v) is 4.52. The van der Waals surface area contributed by atoms with Crippen molar-refractivity contribution in [1.82, 2.24) is 9.80 Å². The summed E-state index contributed by atoms with van der Waals surface area (Å²) in [6.45, 7) is 6.22. The van der Waals surface area contributed by atoms with Crippen molar-refractivity contribution in [2.75, 3.05) is 19.6 Å². The summed E-state index contributed by atoms with van der Waals surface area (Å²) in [5, 5.41) is 0. The number of amides is 2. The Morgan fingerprint density at radius 1 is 1.32 bits per heavy atom. The van der Waals surface area contributed by atoms with Gasteiger partial charge >= 0.3 is 0 Å². The number of nitrogens with zero attached hydrogens (tertiary/aromatic N) is 2. The van der Waals surface area contributed by atoms with Gasteiger partial charge in [0.2, 0.25) is 11.8 Å². The van der Waals surface area contributed by atoms with Crippen molar-refractivity contribution in [1.29, 1.82) is 0 Å². The highest BCUT2D eigenvalue weighted by atomic mass is 16.2. The lowest BCUT2D eigenvalue weighted by molar-refractivity contribution is -0.154. The molecule has 0 aliphatic carbocycles. The van der Waals surface area contributed by atoms with E-state index in [9.17, 15) is 9.59 Å². The maximum Gasteiger partial charge on any atom is 0.245 e. The van der Waals surface area contributed by atoms with Crippen LogP contribution < -0.4 is 0 Å². The van der Waals surface area contributed by atoms with Gasteiger partial charge in [-0.25, -0.2) is 0 Å². The normalized spacial score (nSPS) is 24.8. The van der Waals surface area contributed by atoms with Gasteiger partial charge in [0, 0.05) is 13.1 Å². The van der Waals surface area contributed by atoms with E-state index in [2.05, 4.69) is 13.8 Å². The number of carbonyl (C=O) groups excluding carboxylic acids is 2. The van der Waals surface area contributed by atoms with E-state index in [1.165, 1.54) is 19.3 Å². The van der Waals surface area contributed by atoms with Crippen molar-refractivity contribution in [2.24, 2.45) is 5.92 Å². The quantitative estimate of drug-likeness (QED) is 0.738. The Labute approximate surface area is 116 Å². The van der Waals surface area contributed by atoms with Crippen LogP contribution in [-0.4, -0.2) is 47.3 Å². The number of hydrogen-bond acceptors (Lipinski definition) is 2. The van der Waals surface area contributed by atoms with Gasteiger partial charge in [-0.3, -0.25) is 9.59 Å². The van der Waals surface area contributed by atoms with Gasteiger partial charge in [-0.1, -0.05) is 33.1 Å². The molecule has 0 aromatic carbocycles. The molecule has 2 aliphatic rings. The SMILES string of the molecule is CCCCC(CC)CN1CC(=O)N2CCCC2C1=O. The molecule has 4 nitrogen and oxygen atoms in total. The molecular weight excluding hydrogens is 240 g/mol. The fraction of sp³-hybridized carbons (Fsp3) is 0.867. The highest BCUT2D eigenvalue weighted by molar-refractivity contribution is 5.95. The van der Waals surface area contributed by atoms with E-state index in [0.717, 1.165) is 32.4 Å². The van der Waals surface area contributed by atoms with E-state index >= 15 is 0 Å². The lowest BCUT2D eigenvalue weighted by Crippen LogP contribution is -2.58. The van der Waals surface area contributed by atoms with Gasteiger partial charge in [0.15, 0.2) is 0 Å². The van der Waals surface area contributed by atoms with Crippen LogP contribution >= 0.6 is 0 Å². The van der Waals surface area contributed by atoms with Crippen molar-refractivity contribution in [3.8, 4) is 0 Å². The second kappa shape index (κ2) is 6.40. The molecule has 2 heterocycles. The van der Waals surface area contributed by atoms with E-state index in [1.54, 1.807) is 4.90 Å². The van der Waals surface area contributed by atoms with E-state index < -0.39 is 0 Å². The zero-order valence-corrected chi connectivity index (χ0v) is 12.2. The van der Waals surface area contributed by atoms with Gasteiger partial charge in [0.25, 0.3) is 0 Å². The summed E-state index contributed by atoms with van der Waals surface area (Å²) < 4.78 is 0. The maximum absolute atomic E-state index is 12.4. The molecular formula is C15H26N2O2. The Kier molecular flexibility index (Phi) is 4.83. The molecule has 0 aromatic rings. The summed E-state index contributed by atoms with van der Waals surface area (Å²) in [5.41, 5.74) is 0. The zero-order chi connectivity index (χ0) is 13.8. The molecule has 0 bridgehead atoms. The molecule has 2 saturated heterocycles. The van der Waals surface area contributed by atoms with Crippen LogP contribution in [0.4, 0.5) is 0 Å². The third kappa shape index (κ3) is 3.10. The number of piperazine rings is 1. The van der Waals surface area contributed by atoms with Crippen LogP contribution in [0, 0.1) is 5.92 Å². The average molecular weight is 266 g/mol. The second-order valence-electron chi connectivity index (χ2n) is 5.88. The Hall–Kier alpha value is -1.06. The molecule has 0 spiro atoms. The smallest absolute Gasteiger partial charge is 0.245 e. The first-order chi connectivity index (χ1) is 9.17. The van der Waals surface area contributed by atoms with Crippen LogP contribution in [0.1, 0.15) is 52.4 Å². The third-order valence-electron chi connectivity index (χ3n) is 4.52. The first-order valence-electron chi connectivity index (χ1n) is 7.75. The van der Waals surface area contributed by atoms with Crippen molar-refractivity contribution < 1.29 is 9.59 Å². The number of unbranched alkanes of at least 4 members (excludes halogenated alkanes) is 1. The van der Waals surface area contributed by atoms with Crippen LogP contribution in [0.2, 0.25) is 0 Å². The average Bonchev–Trinajstić information content (AvgIpc) is 2.90. The summed E-state index contributed by atoms with van der Waals surface area (Å²) in [6, 6.07) is -0.148. The van der Waals surface area contributed by atoms with Crippen LogP contribution in [-0.2, 0) is 9.59 Å². The van der Waals surface area contributed by atoms with Gasteiger partial charge in [-0.2, -0.15) is 0 Å². The molecule has 108 valence electrons. The van der Waals surface area contributed by atoms with Crippen LogP contribution in [0.3, 0.4) is 0 Å². The zero-order valence-electron chi connectivity index (χ0n) is 12.2. The van der Waals surface area contributed by atoms with Gasteiger partial charge in [-0.15, -0.1) is 0 Å². The molecule has 4 heteroatoms. The molecule has 2 rings (SSSR count). The molecule has 0 N–H and O–H groups in total. The summed E-state index contributed by atoms with van der Waals surface area (Å²) in [7, 11) is 0. The van der Waals surface area contributed by atoms with E-state index in [-0.39, 0.29) is 17.9 Å². The number of hydrogen-bond donors (Lipinski definition) is 0. The fourth-order valence-electron chi connectivity index (χ4n) is 3.25. The molecule has 0 radical (unpaired) electrons. The molecule has 2 fully saturated rings. The first-order valence-corrected chi connectivity index (χ1v) is 7.75. The Bertz CT molecular complexity index is 343. The number of rotatable bonds is 6. The molecule has 2 atom stereocenters. The molecule has 0 saturated carbocycles. The largest absolute Gasteiger partial charge is 0.331 e. The Morgan fingerprint density at radius 2 is 2.11 bits per heavy atom. The minimum Gasteiger partial charge on any atom is -0.331 e. The monoisotopic (exact) mass is 266 g/mol. The number of fused-ring (bicyclic) bond motifs is 1. The Morgan fingerprint density at radius 3 is 2.79 bits per heavy atom. The lowest BCUT2D eigenvalue weighted by atomic mass is 9.97. The second-order valence-corrected chi connectivity index (χ2v) is 5.88. The van der Waals surface area contributed by atoms with Crippen LogP contribution in [0.15, 0.2) is 0 Å². The van der Waals surface area contributed by atoms with E-state index in [4.69, 9.17) is 0 Å². The lowest BCUT2D eigenvalue weighted by Gasteiger charge is -2.38. The predicted octanol–water partition coefficient (Wildman–Crippen LogP) is 2.04. The van der Waals surface area contributed by atoms with Crippen LogP contribution in [0.25, 0.3) is 0 Å². The minimum atomic E-state index is -0.148. The predicted molar refractivity (Wildman–Crippen MR) is 74.6 cm³/mol. The van der Waals surface area contributed by atoms with Crippen molar-refractivity contribution in [3.05, 3.63) is 0 Å². The molecule has 0 aromatic heterocycles. The Balaban J connectivity index is 1.95. The highest BCUT2D eigenvalue weighted by Gasteiger charge is 2.42. The molecule has 2 unspecified atom stereocenters. The molecule has 2 aliphatic heterocycles. The summed E-state index contributed by atoms with van der Waals surface area (Å²) in [6.07, 6.45) is 6.49. The molecule has 2 amide bonds. The standard InChI is InChI=1S/C15H26N2O2/c1-3-5-7-12(4-2)10-16-11-14(18)17-9-6-8-13(17)15(16)19/h12-13H,3-11H2,1-2H3. The molecule has 19 heavy (non-hydrogen) atoms. The highest BCUT2D eigenvalue weighted by Crippen LogP contribution is 2.25. The van der Waals surface area contributed by atoms with Crippen LogP contribution in [0.5, 0.6) is 0 Å². The topological polar surface area (TPSA) is 40.6 Å². The first kappa shape index (κ1) is 14.4. The maximum atomic E-state index is 12.4. The number of carbonyl (C=O) groups is 2. The fourth-order valence-corrected chi connectivity index (χ4v) is 3.25. The minimum absolute atomic E-state index is 0.146. The van der Waals surface area contributed by atoms with Gasteiger partial charge in [-0.05, 0) is 25.2 Å². The van der Waals surface area contributed by atoms with E-state index in [1.807, 2.05) is 4.90 Å². The summed E-state index contributed by atoms with van der Waals surface area (Å²) in [5.74, 6) is 0.879. The van der Waals surface area contributed by atoms with Gasteiger partial charge < -0.3 is 9.80 Å². The van der Waals surface area contributed by atoms with Crippen molar-refractivity contribution in [3.63, 3.8) is 0 Å². The van der Waals surface area contributed by atoms with Crippen molar-refractivity contribution >= 4 is 11.8 Å². The van der Waals surface area contributed by atoms with Gasteiger partial charge in [0.05, 0.1) is 6.54 Å².